The Balaban J connectivity index is 1.34. The Labute approximate surface area is 205 Å². The second-order valence-corrected chi connectivity index (χ2v) is 10.2. The molecule has 0 saturated carbocycles. The third kappa shape index (κ3) is 4.65. The minimum atomic E-state index is -0.530. The molecule has 1 aliphatic rings. The zero-order valence-corrected chi connectivity index (χ0v) is 20.8. The molecule has 9 heteroatoms. The maximum absolute atomic E-state index is 12.6. The van der Waals surface area contributed by atoms with Gasteiger partial charge in [0.15, 0.2) is 0 Å². The summed E-state index contributed by atoms with van der Waals surface area (Å²) < 4.78 is 6.54. The van der Waals surface area contributed by atoms with Gasteiger partial charge in [-0.2, -0.15) is 0 Å². The van der Waals surface area contributed by atoms with Gasteiger partial charge in [0.2, 0.25) is 0 Å². The lowest BCUT2D eigenvalue weighted by molar-refractivity contribution is 0.0218. The van der Waals surface area contributed by atoms with Crippen molar-refractivity contribution >= 4 is 33.1 Å². The fraction of sp³-hybridized carbons (Fsp3) is 0.320. The lowest BCUT2D eigenvalue weighted by Crippen LogP contribution is -2.36. The number of aromatic nitrogens is 5. The Kier molecular flexibility index (Phi) is 5.81. The second-order valence-electron chi connectivity index (χ2n) is 9.33. The molecule has 1 aromatic carbocycles. The highest BCUT2D eigenvalue weighted by Crippen LogP contribution is 2.33. The van der Waals surface area contributed by atoms with E-state index in [0.29, 0.717) is 12.2 Å². The van der Waals surface area contributed by atoms with Crippen molar-refractivity contribution in [1.82, 2.24) is 29.8 Å². The summed E-state index contributed by atoms with van der Waals surface area (Å²) >= 11 is 3.46. The molecule has 34 heavy (non-hydrogen) atoms. The molecule has 8 nitrogen and oxygen atoms in total. The lowest BCUT2D eigenvalue weighted by atomic mass is 10.2. The number of likely N-dealkylation sites (tertiary alicyclic amines) is 1. The van der Waals surface area contributed by atoms with Crippen molar-refractivity contribution in [3.63, 3.8) is 0 Å². The first-order valence-corrected chi connectivity index (χ1v) is 12.0. The minimum Gasteiger partial charge on any atom is -0.444 e. The van der Waals surface area contributed by atoms with Gasteiger partial charge in [-0.1, -0.05) is 15.9 Å². The molecule has 4 aromatic rings. The standard InChI is InChI=1S/C25H25BrN6O2/c1-25(2,3)34-24(33)32-10-4-5-22(32)23-29-13-20(31-23)15-6-8-17(27-12-15)21-14-28-19-11-16(26)7-9-18(19)30-21/h6-9,11-14,22H,4-5,10H2,1-3H3,(H,29,31)/t22-/m0/s1. The number of pyridine rings is 1. The van der Waals surface area contributed by atoms with Crippen LogP contribution < -0.4 is 0 Å². The number of benzene rings is 1. The highest BCUT2D eigenvalue weighted by atomic mass is 79.9. The summed E-state index contributed by atoms with van der Waals surface area (Å²) in [6, 6.07) is 9.60. The summed E-state index contributed by atoms with van der Waals surface area (Å²) in [5.74, 6) is 0.758. The molecule has 0 unspecified atom stereocenters. The van der Waals surface area contributed by atoms with Crippen LogP contribution in [0.1, 0.15) is 45.5 Å². The number of carbonyl (C=O) groups is 1. The normalized spacial score (nSPS) is 16.2. The van der Waals surface area contributed by atoms with Crippen molar-refractivity contribution in [2.75, 3.05) is 6.54 Å². The Hall–Kier alpha value is -3.33. The van der Waals surface area contributed by atoms with Crippen LogP contribution in [0.4, 0.5) is 4.79 Å². The van der Waals surface area contributed by atoms with Crippen molar-refractivity contribution in [2.24, 2.45) is 0 Å². The number of rotatable bonds is 3. The molecule has 1 atom stereocenters. The van der Waals surface area contributed by atoms with Gasteiger partial charge in [-0.15, -0.1) is 0 Å². The maximum atomic E-state index is 12.6. The van der Waals surface area contributed by atoms with Crippen molar-refractivity contribution in [3.05, 3.63) is 59.2 Å². The predicted octanol–water partition coefficient (Wildman–Crippen LogP) is 5.92. The van der Waals surface area contributed by atoms with Gasteiger partial charge in [0.05, 0.1) is 40.9 Å². The fourth-order valence-electron chi connectivity index (χ4n) is 4.05. The predicted molar refractivity (Wildman–Crippen MR) is 133 cm³/mol. The summed E-state index contributed by atoms with van der Waals surface area (Å²) in [6.45, 7) is 6.29. The number of H-pyrrole nitrogens is 1. The summed E-state index contributed by atoms with van der Waals surface area (Å²) in [6.07, 6.45) is 6.77. The smallest absolute Gasteiger partial charge is 0.410 e. The first kappa shape index (κ1) is 22.5. The van der Waals surface area contributed by atoms with Crippen LogP contribution in [-0.2, 0) is 4.74 Å². The number of nitrogens with zero attached hydrogens (tertiary/aromatic N) is 5. The van der Waals surface area contributed by atoms with E-state index < -0.39 is 5.60 Å². The fourth-order valence-corrected chi connectivity index (χ4v) is 4.40. The molecular formula is C25H25BrN6O2. The molecule has 174 valence electrons. The van der Waals surface area contributed by atoms with Gasteiger partial charge >= 0.3 is 6.09 Å². The molecule has 1 amide bonds. The molecule has 0 aliphatic carbocycles. The highest BCUT2D eigenvalue weighted by Gasteiger charge is 2.34. The number of hydrogen-bond acceptors (Lipinski definition) is 6. The average Bonchev–Trinajstić information content (AvgIpc) is 3.47. The third-order valence-electron chi connectivity index (χ3n) is 5.63. The van der Waals surface area contributed by atoms with Crippen LogP contribution in [-0.4, -0.2) is 48.1 Å². The van der Waals surface area contributed by atoms with Gasteiger partial charge in [-0.25, -0.2) is 14.8 Å². The molecule has 4 heterocycles. The Bertz CT molecular complexity index is 1350. The largest absolute Gasteiger partial charge is 0.444 e. The van der Waals surface area contributed by atoms with Crippen molar-refractivity contribution in [3.8, 4) is 22.6 Å². The SMILES string of the molecule is CC(C)(C)OC(=O)N1CCC[C@H]1c1ncc(-c2ccc(-c3cnc4cc(Br)ccc4n3)nc2)[nH]1. The van der Waals surface area contributed by atoms with E-state index in [1.54, 1.807) is 23.5 Å². The number of aromatic amines is 1. The van der Waals surface area contributed by atoms with Crippen molar-refractivity contribution in [2.45, 2.75) is 45.3 Å². The van der Waals surface area contributed by atoms with Crippen LogP contribution in [0.15, 0.2) is 53.4 Å². The number of ether oxygens (including phenoxy) is 1. The van der Waals surface area contributed by atoms with Gasteiger partial charge in [-0.05, 0) is 63.9 Å². The topological polar surface area (TPSA) is 96.9 Å². The molecule has 3 aromatic heterocycles. The summed E-state index contributed by atoms with van der Waals surface area (Å²) in [4.78, 5) is 36.1. The number of nitrogens with one attached hydrogen (secondary N) is 1. The van der Waals surface area contributed by atoms with Crippen LogP contribution in [0.5, 0.6) is 0 Å². The number of hydrogen-bond donors (Lipinski definition) is 1. The van der Waals surface area contributed by atoms with E-state index in [4.69, 9.17) is 4.74 Å². The van der Waals surface area contributed by atoms with Crippen molar-refractivity contribution < 1.29 is 9.53 Å². The van der Waals surface area contributed by atoms with E-state index in [2.05, 4.69) is 40.8 Å². The number of halogens is 1. The second kappa shape index (κ2) is 8.79. The number of amides is 1. The summed E-state index contributed by atoms with van der Waals surface area (Å²) in [5.41, 5.74) is 4.32. The minimum absolute atomic E-state index is 0.122. The summed E-state index contributed by atoms with van der Waals surface area (Å²) in [5, 5.41) is 0. The lowest BCUT2D eigenvalue weighted by Gasteiger charge is -2.27. The van der Waals surface area contributed by atoms with Crippen LogP contribution in [0, 0.1) is 0 Å². The van der Waals surface area contributed by atoms with Gasteiger partial charge in [-0.3, -0.25) is 14.9 Å². The van der Waals surface area contributed by atoms with E-state index in [0.717, 1.165) is 51.1 Å². The monoisotopic (exact) mass is 520 g/mol. The quantitative estimate of drug-likeness (QED) is 0.360. The zero-order chi connectivity index (χ0) is 23.9. The Morgan fingerprint density at radius 2 is 1.91 bits per heavy atom. The highest BCUT2D eigenvalue weighted by molar-refractivity contribution is 9.10. The van der Waals surface area contributed by atoms with E-state index in [-0.39, 0.29) is 12.1 Å². The maximum Gasteiger partial charge on any atom is 0.410 e. The molecule has 0 bridgehead atoms. The molecular weight excluding hydrogens is 496 g/mol. The third-order valence-corrected chi connectivity index (χ3v) is 6.13. The number of fused-ring (bicyclic) bond motifs is 1. The molecule has 0 spiro atoms. The molecule has 1 N–H and O–H groups in total. The first-order valence-electron chi connectivity index (χ1n) is 11.2. The summed E-state index contributed by atoms with van der Waals surface area (Å²) in [7, 11) is 0. The van der Waals surface area contributed by atoms with E-state index in [1.165, 1.54) is 0 Å². The number of carbonyl (C=O) groups excluding carboxylic acids is 1. The van der Waals surface area contributed by atoms with Crippen LogP contribution in [0.2, 0.25) is 0 Å². The van der Waals surface area contributed by atoms with Crippen LogP contribution in [0.3, 0.4) is 0 Å². The molecule has 1 aliphatic heterocycles. The van der Waals surface area contributed by atoms with Gasteiger partial charge < -0.3 is 9.72 Å². The van der Waals surface area contributed by atoms with E-state index in [9.17, 15) is 4.79 Å². The average molecular weight is 521 g/mol. The Morgan fingerprint density at radius 3 is 2.68 bits per heavy atom. The van der Waals surface area contributed by atoms with Crippen LogP contribution >= 0.6 is 15.9 Å². The van der Waals surface area contributed by atoms with Crippen molar-refractivity contribution in [1.29, 1.82) is 0 Å². The number of imidazole rings is 1. The zero-order valence-electron chi connectivity index (χ0n) is 19.2. The van der Waals surface area contributed by atoms with E-state index in [1.807, 2.05) is 51.1 Å². The van der Waals surface area contributed by atoms with Gasteiger partial charge in [0, 0.05) is 22.8 Å². The Morgan fingerprint density at radius 1 is 1.06 bits per heavy atom. The van der Waals surface area contributed by atoms with Gasteiger partial charge in [0.25, 0.3) is 0 Å². The van der Waals surface area contributed by atoms with Crippen LogP contribution in [0.25, 0.3) is 33.7 Å². The van der Waals surface area contributed by atoms with Gasteiger partial charge in [0.1, 0.15) is 17.1 Å². The van der Waals surface area contributed by atoms with E-state index >= 15 is 0 Å². The first-order chi connectivity index (χ1) is 16.3. The molecule has 5 rings (SSSR count). The molecule has 0 radical (unpaired) electrons. The molecule has 1 saturated heterocycles. The molecule has 1 fully saturated rings.